The zero-order chi connectivity index (χ0) is 20.3. The predicted molar refractivity (Wildman–Crippen MR) is 107 cm³/mol. The van der Waals surface area contributed by atoms with Crippen LogP contribution in [0, 0.1) is 6.92 Å². The van der Waals surface area contributed by atoms with Gasteiger partial charge in [0.2, 0.25) is 0 Å². The number of nitrogens with zero attached hydrogens (tertiary/aromatic N) is 1. The summed E-state index contributed by atoms with van der Waals surface area (Å²) in [5, 5.41) is 11.5. The number of carboxylic acid groups (broad SMARTS) is 1. The molecule has 146 valence electrons. The number of nitrogens with one attached hydrogen (secondary N) is 1. The molecule has 2 heterocycles. The summed E-state index contributed by atoms with van der Waals surface area (Å²) in [7, 11) is 1.57. The first-order chi connectivity index (χ1) is 13.4. The largest absolute Gasteiger partial charge is 0.544 e. The van der Waals surface area contributed by atoms with E-state index < -0.39 is 5.97 Å². The van der Waals surface area contributed by atoms with Gasteiger partial charge in [0, 0.05) is 0 Å². The number of ether oxygens (including phenoxy) is 2. The Labute approximate surface area is 165 Å². The SMILES string of the molecule is CCCOc1ccc(/C=C/c2nc3sc(C(=O)[O-])c(C)c3c(=O)[nH]2)cc1OC. The Hall–Kier alpha value is -3.13. The minimum absolute atomic E-state index is 0.0153. The zero-order valence-electron chi connectivity index (χ0n) is 15.7. The van der Waals surface area contributed by atoms with Gasteiger partial charge in [0.25, 0.3) is 5.56 Å². The van der Waals surface area contributed by atoms with Gasteiger partial charge in [-0.2, -0.15) is 0 Å². The lowest BCUT2D eigenvalue weighted by Crippen LogP contribution is -2.21. The molecule has 0 saturated carbocycles. The van der Waals surface area contributed by atoms with E-state index in [0.29, 0.717) is 34.3 Å². The van der Waals surface area contributed by atoms with Crippen LogP contribution in [0.25, 0.3) is 22.4 Å². The van der Waals surface area contributed by atoms with E-state index in [-0.39, 0.29) is 15.8 Å². The Morgan fingerprint density at radius 2 is 2.11 bits per heavy atom. The van der Waals surface area contributed by atoms with Gasteiger partial charge in [-0.05, 0) is 42.7 Å². The molecule has 1 N–H and O–H groups in total. The number of carbonyl (C=O) groups excluding carboxylic acids is 1. The van der Waals surface area contributed by atoms with Gasteiger partial charge in [-0.25, -0.2) is 4.98 Å². The Morgan fingerprint density at radius 1 is 1.32 bits per heavy atom. The van der Waals surface area contributed by atoms with Crippen molar-refractivity contribution in [2.24, 2.45) is 0 Å². The second-order valence-electron chi connectivity index (χ2n) is 6.07. The molecule has 7 nitrogen and oxygen atoms in total. The number of rotatable bonds is 7. The van der Waals surface area contributed by atoms with Crippen molar-refractivity contribution in [3.05, 3.63) is 50.4 Å². The van der Waals surface area contributed by atoms with E-state index in [9.17, 15) is 14.7 Å². The molecule has 0 fully saturated rings. The van der Waals surface area contributed by atoms with Crippen LogP contribution in [-0.4, -0.2) is 29.7 Å². The third-order valence-electron chi connectivity index (χ3n) is 4.09. The highest BCUT2D eigenvalue weighted by atomic mass is 32.1. The molecule has 0 saturated heterocycles. The fraction of sp³-hybridized carbons (Fsp3) is 0.250. The number of benzene rings is 1. The second-order valence-corrected chi connectivity index (χ2v) is 7.07. The third kappa shape index (κ3) is 3.91. The predicted octanol–water partition coefficient (Wildman–Crippen LogP) is 2.62. The number of thiophene rings is 1. The summed E-state index contributed by atoms with van der Waals surface area (Å²) in [6.45, 7) is 4.20. The van der Waals surface area contributed by atoms with Crippen molar-refractivity contribution in [2.75, 3.05) is 13.7 Å². The normalized spacial score (nSPS) is 11.2. The van der Waals surface area contributed by atoms with Gasteiger partial charge >= 0.3 is 0 Å². The minimum atomic E-state index is -1.31. The first-order valence-electron chi connectivity index (χ1n) is 8.68. The molecule has 0 atom stereocenters. The summed E-state index contributed by atoms with van der Waals surface area (Å²) in [6, 6.07) is 5.51. The van der Waals surface area contributed by atoms with E-state index in [1.165, 1.54) is 0 Å². The van der Waals surface area contributed by atoms with Gasteiger partial charge in [0.1, 0.15) is 10.7 Å². The number of carboxylic acids is 1. The lowest BCUT2D eigenvalue weighted by atomic mass is 10.2. The number of methoxy groups -OCH3 is 1. The average Bonchev–Trinajstić information content (AvgIpc) is 3.02. The number of aryl methyl sites for hydroxylation is 1. The van der Waals surface area contributed by atoms with Crippen molar-refractivity contribution in [3.63, 3.8) is 0 Å². The average molecular weight is 399 g/mol. The number of aromatic nitrogens is 2. The number of aromatic amines is 1. The standard InChI is InChI=1S/C20H20N2O5S/c1-4-9-27-13-7-5-12(10-14(13)26-3)6-8-15-21-18(23)16-11(2)17(20(24)25)28-19(16)22-15/h5-8,10H,4,9H2,1-3H3,(H,24,25)(H,21,22,23)/p-1/b8-6+. The summed E-state index contributed by atoms with van der Waals surface area (Å²) in [4.78, 5) is 30.9. The van der Waals surface area contributed by atoms with Gasteiger partial charge in [0.05, 0.1) is 29.9 Å². The maximum Gasteiger partial charge on any atom is 0.260 e. The van der Waals surface area contributed by atoms with Crippen LogP contribution in [0.15, 0.2) is 23.0 Å². The van der Waals surface area contributed by atoms with E-state index >= 15 is 0 Å². The molecule has 28 heavy (non-hydrogen) atoms. The fourth-order valence-electron chi connectivity index (χ4n) is 2.73. The highest BCUT2D eigenvalue weighted by Crippen LogP contribution is 2.29. The fourth-order valence-corrected chi connectivity index (χ4v) is 3.75. The van der Waals surface area contributed by atoms with Gasteiger partial charge < -0.3 is 24.4 Å². The van der Waals surface area contributed by atoms with Crippen LogP contribution in [-0.2, 0) is 0 Å². The van der Waals surface area contributed by atoms with Crippen LogP contribution < -0.4 is 20.1 Å². The lowest BCUT2D eigenvalue weighted by Gasteiger charge is -2.10. The van der Waals surface area contributed by atoms with E-state index in [0.717, 1.165) is 23.3 Å². The van der Waals surface area contributed by atoms with E-state index in [1.807, 2.05) is 25.1 Å². The molecule has 0 bridgehead atoms. The number of hydrogen-bond donors (Lipinski definition) is 1. The number of H-pyrrole nitrogens is 1. The molecule has 3 rings (SSSR count). The highest BCUT2D eigenvalue weighted by Gasteiger charge is 2.14. The van der Waals surface area contributed by atoms with Gasteiger partial charge in [-0.15, -0.1) is 11.3 Å². The van der Waals surface area contributed by atoms with Crippen LogP contribution in [0.3, 0.4) is 0 Å². The van der Waals surface area contributed by atoms with E-state index in [2.05, 4.69) is 9.97 Å². The molecule has 0 aliphatic heterocycles. The maximum atomic E-state index is 12.3. The lowest BCUT2D eigenvalue weighted by molar-refractivity contribution is -0.254. The Balaban J connectivity index is 1.93. The molecule has 8 heteroatoms. The topological polar surface area (TPSA) is 104 Å². The van der Waals surface area contributed by atoms with Crippen LogP contribution in [0.1, 0.15) is 40.0 Å². The monoisotopic (exact) mass is 399 g/mol. The van der Waals surface area contributed by atoms with Crippen LogP contribution in [0.5, 0.6) is 11.5 Å². The number of fused-ring (bicyclic) bond motifs is 1. The summed E-state index contributed by atoms with van der Waals surface area (Å²) in [5.74, 6) is 0.293. The van der Waals surface area contributed by atoms with Gasteiger partial charge in [-0.3, -0.25) is 4.79 Å². The second kappa shape index (κ2) is 8.26. The van der Waals surface area contributed by atoms with Crippen molar-refractivity contribution in [1.29, 1.82) is 0 Å². The molecule has 0 unspecified atom stereocenters. The number of aromatic carboxylic acids is 1. The number of hydrogen-bond acceptors (Lipinski definition) is 7. The quantitative estimate of drug-likeness (QED) is 0.655. The number of carbonyl (C=O) groups is 1. The van der Waals surface area contributed by atoms with Crippen molar-refractivity contribution >= 4 is 39.7 Å². The Kier molecular flexibility index (Phi) is 5.79. The van der Waals surface area contributed by atoms with Crippen molar-refractivity contribution in [2.45, 2.75) is 20.3 Å². The zero-order valence-corrected chi connectivity index (χ0v) is 16.5. The summed E-state index contributed by atoms with van der Waals surface area (Å²) in [6.07, 6.45) is 4.32. The molecule has 0 amide bonds. The molecule has 0 spiro atoms. The summed E-state index contributed by atoms with van der Waals surface area (Å²) < 4.78 is 11.0. The molecule has 1 aromatic carbocycles. The minimum Gasteiger partial charge on any atom is -0.544 e. The summed E-state index contributed by atoms with van der Waals surface area (Å²) >= 11 is 0.934. The van der Waals surface area contributed by atoms with Crippen molar-refractivity contribution in [3.8, 4) is 11.5 Å². The van der Waals surface area contributed by atoms with Crippen LogP contribution >= 0.6 is 11.3 Å². The Morgan fingerprint density at radius 3 is 2.79 bits per heavy atom. The van der Waals surface area contributed by atoms with Gasteiger partial charge in [-0.1, -0.05) is 19.1 Å². The Bertz CT molecular complexity index is 1110. The molecular weight excluding hydrogens is 380 g/mol. The maximum absolute atomic E-state index is 12.3. The van der Waals surface area contributed by atoms with Crippen molar-refractivity contribution in [1.82, 2.24) is 9.97 Å². The summed E-state index contributed by atoms with van der Waals surface area (Å²) in [5.41, 5.74) is 0.824. The molecule has 3 aromatic rings. The van der Waals surface area contributed by atoms with Crippen LogP contribution in [0.4, 0.5) is 0 Å². The van der Waals surface area contributed by atoms with E-state index in [1.54, 1.807) is 26.2 Å². The first kappa shape index (κ1) is 19.6. The molecule has 2 aromatic heterocycles. The van der Waals surface area contributed by atoms with Crippen molar-refractivity contribution < 1.29 is 19.4 Å². The molecule has 0 aliphatic rings. The third-order valence-corrected chi connectivity index (χ3v) is 5.25. The van der Waals surface area contributed by atoms with E-state index in [4.69, 9.17) is 9.47 Å². The molecule has 0 aliphatic carbocycles. The smallest absolute Gasteiger partial charge is 0.260 e. The van der Waals surface area contributed by atoms with Gasteiger partial charge in [0.15, 0.2) is 11.5 Å². The first-order valence-corrected chi connectivity index (χ1v) is 9.50. The van der Waals surface area contributed by atoms with Crippen LogP contribution in [0.2, 0.25) is 0 Å². The highest BCUT2D eigenvalue weighted by molar-refractivity contribution is 7.20. The molecule has 0 radical (unpaired) electrons. The molecular formula is C20H19N2O5S-.